The van der Waals surface area contributed by atoms with Crippen LogP contribution in [0.4, 0.5) is 5.69 Å². The second-order valence-electron chi connectivity index (χ2n) is 6.17. The van der Waals surface area contributed by atoms with Gasteiger partial charge >= 0.3 is 5.97 Å². The van der Waals surface area contributed by atoms with Gasteiger partial charge in [0.15, 0.2) is 5.69 Å². The minimum Gasteiger partial charge on any atom is -0.476 e. The maximum absolute atomic E-state index is 11.4. The van der Waals surface area contributed by atoms with E-state index in [0.717, 1.165) is 25.7 Å². The fourth-order valence-electron chi connectivity index (χ4n) is 2.76. The summed E-state index contributed by atoms with van der Waals surface area (Å²) in [5.74, 6) is -0.460. The van der Waals surface area contributed by atoms with Crippen LogP contribution in [-0.4, -0.2) is 39.3 Å². The van der Waals surface area contributed by atoms with Gasteiger partial charge in [0, 0.05) is 17.9 Å². The zero-order chi connectivity index (χ0) is 15.5. The molecule has 0 unspecified atom stereocenters. The number of carboxylic acid groups (broad SMARTS) is 1. The number of hydrogen-bond donors (Lipinski definition) is 3. The summed E-state index contributed by atoms with van der Waals surface area (Å²) in [5, 5.41) is 22.0. The van der Waals surface area contributed by atoms with Crippen molar-refractivity contribution in [3.05, 3.63) is 17.7 Å². The molecule has 3 N–H and O–H groups in total. The monoisotopic (exact) mass is 293 g/mol. The second-order valence-corrected chi connectivity index (χ2v) is 6.17. The quantitative estimate of drug-likeness (QED) is 0.744. The molecule has 0 amide bonds. The second kappa shape index (κ2) is 6.39. The molecule has 0 aromatic carbocycles. The van der Waals surface area contributed by atoms with E-state index < -0.39 is 5.97 Å². The third-order valence-corrected chi connectivity index (χ3v) is 4.18. The summed E-state index contributed by atoms with van der Waals surface area (Å²) in [6, 6.07) is 0. The standard InChI is InChI=1S/C15H23N3O3/c1-10(2)13-16-7-11(12(18-13)14(20)21)17-8-15(9-19)5-3-4-6-15/h7,10,17,19H,3-6,8-9H2,1-2H3,(H,20,21). The van der Waals surface area contributed by atoms with Crippen molar-refractivity contribution in [1.82, 2.24) is 9.97 Å². The number of anilines is 1. The molecule has 0 radical (unpaired) electrons. The van der Waals surface area contributed by atoms with Crippen molar-refractivity contribution in [3.8, 4) is 0 Å². The van der Waals surface area contributed by atoms with Crippen LogP contribution in [0.1, 0.15) is 61.8 Å². The van der Waals surface area contributed by atoms with E-state index >= 15 is 0 Å². The lowest BCUT2D eigenvalue weighted by atomic mass is 9.87. The number of aromatic nitrogens is 2. The number of carboxylic acids is 1. The van der Waals surface area contributed by atoms with E-state index in [1.165, 1.54) is 6.20 Å². The van der Waals surface area contributed by atoms with Gasteiger partial charge in [-0.1, -0.05) is 26.7 Å². The van der Waals surface area contributed by atoms with Crippen molar-refractivity contribution in [2.24, 2.45) is 5.41 Å². The van der Waals surface area contributed by atoms with Crippen LogP contribution < -0.4 is 5.32 Å². The van der Waals surface area contributed by atoms with Crippen molar-refractivity contribution in [1.29, 1.82) is 0 Å². The van der Waals surface area contributed by atoms with Gasteiger partial charge in [0.25, 0.3) is 0 Å². The SMILES string of the molecule is CC(C)c1ncc(NCC2(CO)CCCC2)c(C(=O)O)n1. The molecule has 1 aliphatic carbocycles. The highest BCUT2D eigenvalue weighted by molar-refractivity contribution is 5.91. The van der Waals surface area contributed by atoms with Gasteiger partial charge in [-0.15, -0.1) is 0 Å². The highest BCUT2D eigenvalue weighted by Crippen LogP contribution is 2.37. The van der Waals surface area contributed by atoms with Gasteiger partial charge in [-0.2, -0.15) is 0 Å². The Labute approximate surface area is 124 Å². The minimum absolute atomic E-state index is 0.000197. The first kappa shape index (κ1) is 15.7. The Bertz CT molecular complexity index is 511. The molecule has 1 fully saturated rings. The molecule has 116 valence electrons. The number of nitrogens with zero attached hydrogens (tertiary/aromatic N) is 2. The summed E-state index contributed by atoms with van der Waals surface area (Å²) in [6.45, 7) is 4.52. The van der Waals surface area contributed by atoms with E-state index in [9.17, 15) is 15.0 Å². The lowest BCUT2D eigenvalue weighted by Crippen LogP contribution is -2.31. The Morgan fingerprint density at radius 2 is 2.10 bits per heavy atom. The number of nitrogens with one attached hydrogen (secondary N) is 1. The molecule has 0 spiro atoms. The summed E-state index contributed by atoms with van der Waals surface area (Å²) >= 11 is 0. The zero-order valence-corrected chi connectivity index (χ0v) is 12.6. The van der Waals surface area contributed by atoms with Crippen LogP contribution in [0, 0.1) is 5.41 Å². The third kappa shape index (κ3) is 3.50. The van der Waals surface area contributed by atoms with E-state index in [0.29, 0.717) is 18.1 Å². The molecule has 1 aromatic rings. The van der Waals surface area contributed by atoms with Crippen LogP contribution in [0.5, 0.6) is 0 Å². The first-order valence-corrected chi connectivity index (χ1v) is 7.42. The molecule has 0 atom stereocenters. The van der Waals surface area contributed by atoms with Crippen LogP contribution in [0.25, 0.3) is 0 Å². The predicted molar refractivity (Wildman–Crippen MR) is 79.6 cm³/mol. The topological polar surface area (TPSA) is 95.3 Å². The molecule has 2 rings (SSSR count). The molecule has 6 heteroatoms. The normalized spacial score (nSPS) is 17.1. The Kier molecular flexibility index (Phi) is 4.77. The van der Waals surface area contributed by atoms with E-state index in [2.05, 4.69) is 15.3 Å². The number of hydrogen-bond acceptors (Lipinski definition) is 5. The van der Waals surface area contributed by atoms with Gasteiger partial charge in [-0.3, -0.25) is 0 Å². The van der Waals surface area contributed by atoms with Gasteiger partial charge in [0.1, 0.15) is 5.82 Å². The molecule has 1 saturated carbocycles. The van der Waals surface area contributed by atoms with Crippen LogP contribution in [0.2, 0.25) is 0 Å². The Morgan fingerprint density at radius 1 is 1.43 bits per heavy atom. The van der Waals surface area contributed by atoms with Crippen LogP contribution in [-0.2, 0) is 0 Å². The summed E-state index contributed by atoms with van der Waals surface area (Å²) in [7, 11) is 0. The van der Waals surface area contributed by atoms with E-state index in [4.69, 9.17) is 0 Å². The lowest BCUT2D eigenvalue weighted by molar-refractivity contribution is 0.0691. The average Bonchev–Trinajstić information content (AvgIpc) is 2.94. The lowest BCUT2D eigenvalue weighted by Gasteiger charge is -2.27. The summed E-state index contributed by atoms with van der Waals surface area (Å²) in [6.07, 6.45) is 5.67. The summed E-state index contributed by atoms with van der Waals surface area (Å²) in [5.41, 5.74) is 0.276. The molecular formula is C15H23N3O3. The Balaban J connectivity index is 2.17. The molecule has 0 aliphatic heterocycles. The summed E-state index contributed by atoms with van der Waals surface area (Å²) in [4.78, 5) is 19.7. The molecule has 6 nitrogen and oxygen atoms in total. The number of carbonyl (C=O) groups is 1. The first-order chi connectivity index (χ1) is 9.97. The first-order valence-electron chi connectivity index (χ1n) is 7.42. The molecule has 0 saturated heterocycles. The predicted octanol–water partition coefficient (Wildman–Crippen LogP) is 2.26. The van der Waals surface area contributed by atoms with Crippen molar-refractivity contribution in [2.75, 3.05) is 18.5 Å². The number of rotatable bonds is 6. The van der Waals surface area contributed by atoms with Gasteiger partial charge in [0.2, 0.25) is 0 Å². The smallest absolute Gasteiger partial charge is 0.356 e. The zero-order valence-electron chi connectivity index (χ0n) is 12.6. The van der Waals surface area contributed by atoms with Gasteiger partial charge in [-0.25, -0.2) is 14.8 Å². The maximum atomic E-state index is 11.4. The molecule has 0 bridgehead atoms. The van der Waals surface area contributed by atoms with Gasteiger partial charge < -0.3 is 15.5 Å². The Morgan fingerprint density at radius 3 is 2.62 bits per heavy atom. The van der Waals surface area contributed by atoms with Gasteiger partial charge in [-0.05, 0) is 12.8 Å². The van der Waals surface area contributed by atoms with Crippen molar-refractivity contribution in [2.45, 2.75) is 45.4 Å². The van der Waals surface area contributed by atoms with Crippen LogP contribution in [0.3, 0.4) is 0 Å². The third-order valence-electron chi connectivity index (χ3n) is 4.18. The van der Waals surface area contributed by atoms with Crippen molar-refractivity contribution >= 4 is 11.7 Å². The number of aromatic carboxylic acids is 1. The highest BCUT2D eigenvalue weighted by Gasteiger charge is 2.33. The Hall–Kier alpha value is -1.69. The van der Waals surface area contributed by atoms with Crippen molar-refractivity contribution in [3.63, 3.8) is 0 Å². The summed E-state index contributed by atoms with van der Waals surface area (Å²) < 4.78 is 0. The van der Waals surface area contributed by atoms with Gasteiger partial charge in [0.05, 0.1) is 18.5 Å². The maximum Gasteiger partial charge on any atom is 0.356 e. The fourth-order valence-corrected chi connectivity index (χ4v) is 2.76. The molecule has 1 heterocycles. The van der Waals surface area contributed by atoms with Crippen LogP contribution in [0.15, 0.2) is 6.20 Å². The highest BCUT2D eigenvalue weighted by atomic mass is 16.4. The van der Waals surface area contributed by atoms with Crippen LogP contribution >= 0.6 is 0 Å². The number of aliphatic hydroxyl groups is 1. The largest absolute Gasteiger partial charge is 0.476 e. The molecule has 1 aliphatic rings. The average molecular weight is 293 g/mol. The molecule has 1 aromatic heterocycles. The van der Waals surface area contributed by atoms with E-state index in [1.54, 1.807) is 0 Å². The molecular weight excluding hydrogens is 270 g/mol. The minimum atomic E-state index is -1.06. The number of aliphatic hydroxyl groups excluding tert-OH is 1. The van der Waals surface area contributed by atoms with E-state index in [1.807, 2.05) is 13.8 Å². The fraction of sp³-hybridized carbons (Fsp3) is 0.667. The van der Waals surface area contributed by atoms with Crippen molar-refractivity contribution < 1.29 is 15.0 Å². The van der Waals surface area contributed by atoms with E-state index in [-0.39, 0.29) is 23.6 Å². The molecule has 21 heavy (non-hydrogen) atoms.